The maximum Gasteiger partial charge on any atom is 0.291 e. The summed E-state index contributed by atoms with van der Waals surface area (Å²) in [5, 5.41) is 10.5. The molecule has 0 bridgehead atoms. The topological polar surface area (TPSA) is 84.2 Å². The Morgan fingerprint density at radius 1 is 1.48 bits per heavy atom. The number of hydrogen-bond donors (Lipinski definition) is 2. The molecule has 2 aromatic rings. The van der Waals surface area contributed by atoms with Gasteiger partial charge in [-0.2, -0.15) is 4.98 Å². The van der Waals surface area contributed by atoms with Crippen molar-refractivity contribution in [1.29, 1.82) is 0 Å². The van der Waals surface area contributed by atoms with Gasteiger partial charge >= 0.3 is 0 Å². The van der Waals surface area contributed by atoms with E-state index in [4.69, 9.17) is 0 Å². The van der Waals surface area contributed by atoms with Crippen molar-refractivity contribution in [1.82, 2.24) is 30.2 Å². The standard InChI is InChI=1S/C14H20N6O/c1-9-6-10(2)20-14(17-9)18-12(19-20)13(21)16-8-11-4-3-5-15-7-11/h6,11,15H,3-5,7-8H2,1-2H3,(H,16,21). The van der Waals surface area contributed by atoms with Crippen LogP contribution >= 0.6 is 0 Å². The van der Waals surface area contributed by atoms with Crippen LogP contribution in [-0.2, 0) is 0 Å². The third-order valence-electron chi connectivity index (χ3n) is 3.77. The van der Waals surface area contributed by atoms with Crippen LogP contribution in [0.3, 0.4) is 0 Å². The highest BCUT2D eigenvalue weighted by Gasteiger charge is 2.18. The van der Waals surface area contributed by atoms with Crippen LogP contribution in [-0.4, -0.2) is 45.1 Å². The summed E-state index contributed by atoms with van der Waals surface area (Å²) in [6, 6.07) is 1.91. The summed E-state index contributed by atoms with van der Waals surface area (Å²) < 4.78 is 1.60. The zero-order chi connectivity index (χ0) is 14.8. The Kier molecular flexibility index (Phi) is 3.83. The largest absolute Gasteiger partial charge is 0.349 e. The Morgan fingerprint density at radius 3 is 3.10 bits per heavy atom. The number of carbonyl (C=O) groups excluding carboxylic acids is 1. The lowest BCUT2D eigenvalue weighted by atomic mass is 10.00. The van der Waals surface area contributed by atoms with Gasteiger partial charge in [-0.05, 0) is 51.8 Å². The third kappa shape index (κ3) is 3.02. The molecule has 1 atom stereocenters. The number of nitrogens with zero attached hydrogens (tertiary/aromatic N) is 4. The van der Waals surface area contributed by atoms with E-state index in [2.05, 4.69) is 25.7 Å². The minimum absolute atomic E-state index is 0.181. The summed E-state index contributed by atoms with van der Waals surface area (Å²) in [6.45, 7) is 6.51. The first kappa shape index (κ1) is 13.9. The number of aryl methyl sites for hydroxylation is 2. The summed E-state index contributed by atoms with van der Waals surface area (Å²) >= 11 is 0. The predicted molar refractivity (Wildman–Crippen MR) is 78.2 cm³/mol. The second-order valence-corrected chi connectivity index (χ2v) is 5.61. The van der Waals surface area contributed by atoms with Gasteiger partial charge in [0.25, 0.3) is 11.7 Å². The number of aromatic nitrogens is 4. The van der Waals surface area contributed by atoms with Gasteiger partial charge in [-0.3, -0.25) is 4.79 Å². The average Bonchev–Trinajstić information content (AvgIpc) is 2.90. The van der Waals surface area contributed by atoms with E-state index in [1.54, 1.807) is 4.52 Å². The molecule has 2 N–H and O–H groups in total. The molecule has 0 aromatic carbocycles. The number of piperidine rings is 1. The lowest BCUT2D eigenvalue weighted by Gasteiger charge is -2.22. The summed E-state index contributed by atoms with van der Waals surface area (Å²) in [5.74, 6) is 0.905. The number of carbonyl (C=O) groups is 1. The Morgan fingerprint density at radius 2 is 2.33 bits per heavy atom. The second kappa shape index (κ2) is 5.77. The fraction of sp³-hybridized carbons (Fsp3) is 0.571. The zero-order valence-electron chi connectivity index (χ0n) is 12.4. The van der Waals surface area contributed by atoms with Gasteiger partial charge in [-0.15, -0.1) is 5.10 Å². The van der Waals surface area contributed by atoms with Crippen LogP contribution in [0.5, 0.6) is 0 Å². The lowest BCUT2D eigenvalue weighted by molar-refractivity contribution is 0.0934. The molecule has 7 heteroatoms. The molecule has 1 aliphatic rings. The van der Waals surface area contributed by atoms with Gasteiger partial charge in [-0.1, -0.05) is 0 Å². The first-order valence-corrected chi connectivity index (χ1v) is 7.33. The first-order valence-electron chi connectivity index (χ1n) is 7.33. The van der Waals surface area contributed by atoms with Crippen molar-refractivity contribution in [3.05, 3.63) is 23.3 Å². The van der Waals surface area contributed by atoms with Gasteiger partial charge in [0.15, 0.2) is 0 Å². The maximum absolute atomic E-state index is 12.2. The van der Waals surface area contributed by atoms with Crippen molar-refractivity contribution in [2.24, 2.45) is 5.92 Å². The molecule has 0 radical (unpaired) electrons. The van der Waals surface area contributed by atoms with Crippen LogP contribution in [0.1, 0.15) is 34.8 Å². The molecule has 1 aliphatic heterocycles. The fourth-order valence-corrected chi connectivity index (χ4v) is 2.68. The van der Waals surface area contributed by atoms with Crippen molar-refractivity contribution >= 4 is 11.7 Å². The predicted octanol–water partition coefficient (Wildman–Crippen LogP) is 0.471. The number of hydrogen-bond acceptors (Lipinski definition) is 5. The minimum Gasteiger partial charge on any atom is -0.349 e. The van der Waals surface area contributed by atoms with E-state index in [0.29, 0.717) is 18.2 Å². The quantitative estimate of drug-likeness (QED) is 0.857. The zero-order valence-corrected chi connectivity index (χ0v) is 12.4. The Hall–Kier alpha value is -2.02. The molecule has 1 fully saturated rings. The lowest BCUT2D eigenvalue weighted by Crippen LogP contribution is -2.38. The Balaban J connectivity index is 1.71. The molecule has 3 heterocycles. The smallest absolute Gasteiger partial charge is 0.291 e. The number of fused-ring (bicyclic) bond motifs is 1. The van der Waals surface area contributed by atoms with Gasteiger partial charge in [0.1, 0.15) is 0 Å². The molecule has 0 saturated carbocycles. The number of amides is 1. The summed E-state index contributed by atoms with van der Waals surface area (Å²) in [5.41, 5.74) is 1.79. The SMILES string of the molecule is Cc1cc(C)n2nc(C(=O)NCC3CCCNC3)nc2n1. The van der Waals surface area contributed by atoms with E-state index in [-0.39, 0.29) is 11.7 Å². The molecule has 0 aliphatic carbocycles. The van der Waals surface area contributed by atoms with E-state index in [0.717, 1.165) is 37.3 Å². The van der Waals surface area contributed by atoms with Crippen molar-refractivity contribution in [3.8, 4) is 0 Å². The van der Waals surface area contributed by atoms with Gasteiger partial charge in [0, 0.05) is 17.9 Å². The third-order valence-corrected chi connectivity index (χ3v) is 3.77. The molecule has 112 valence electrons. The maximum atomic E-state index is 12.2. The van der Waals surface area contributed by atoms with E-state index in [9.17, 15) is 4.79 Å². The van der Waals surface area contributed by atoms with Crippen molar-refractivity contribution in [2.45, 2.75) is 26.7 Å². The molecule has 1 amide bonds. The monoisotopic (exact) mass is 288 g/mol. The van der Waals surface area contributed by atoms with Crippen molar-refractivity contribution in [2.75, 3.05) is 19.6 Å². The van der Waals surface area contributed by atoms with Gasteiger partial charge in [0.05, 0.1) is 0 Å². The van der Waals surface area contributed by atoms with E-state index in [1.165, 1.54) is 0 Å². The van der Waals surface area contributed by atoms with E-state index < -0.39 is 0 Å². The highest BCUT2D eigenvalue weighted by atomic mass is 16.2. The van der Waals surface area contributed by atoms with Crippen LogP contribution in [0.4, 0.5) is 0 Å². The summed E-state index contributed by atoms with van der Waals surface area (Å²) in [7, 11) is 0. The molecular weight excluding hydrogens is 268 g/mol. The van der Waals surface area contributed by atoms with Crippen molar-refractivity contribution in [3.63, 3.8) is 0 Å². The van der Waals surface area contributed by atoms with Crippen LogP contribution < -0.4 is 10.6 Å². The highest BCUT2D eigenvalue weighted by Crippen LogP contribution is 2.09. The van der Waals surface area contributed by atoms with Gasteiger partial charge in [0.2, 0.25) is 5.82 Å². The minimum atomic E-state index is -0.233. The molecule has 1 saturated heterocycles. The average molecular weight is 288 g/mol. The Bertz CT molecular complexity index is 659. The molecule has 21 heavy (non-hydrogen) atoms. The summed E-state index contributed by atoms with van der Waals surface area (Å²) in [4.78, 5) is 20.7. The van der Waals surface area contributed by atoms with Crippen LogP contribution in [0.2, 0.25) is 0 Å². The van der Waals surface area contributed by atoms with Crippen molar-refractivity contribution < 1.29 is 4.79 Å². The molecule has 7 nitrogen and oxygen atoms in total. The Labute approximate surface area is 123 Å². The molecule has 1 unspecified atom stereocenters. The number of nitrogens with one attached hydrogen (secondary N) is 2. The number of rotatable bonds is 3. The van der Waals surface area contributed by atoms with Gasteiger partial charge in [-0.25, -0.2) is 9.50 Å². The second-order valence-electron chi connectivity index (χ2n) is 5.61. The van der Waals surface area contributed by atoms with Crippen LogP contribution in [0, 0.1) is 19.8 Å². The molecule has 0 spiro atoms. The van der Waals surface area contributed by atoms with E-state index >= 15 is 0 Å². The molecular formula is C14H20N6O. The summed E-state index contributed by atoms with van der Waals surface area (Å²) in [6.07, 6.45) is 2.31. The fourth-order valence-electron chi connectivity index (χ4n) is 2.68. The van der Waals surface area contributed by atoms with Gasteiger partial charge < -0.3 is 10.6 Å². The van der Waals surface area contributed by atoms with E-state index in [1.807, 2.05) is 19.9 Å². The van der Waals surface area contributed by atoms with Crippen LogP contribution in [0.25, 0.3) is 5.78 Å². The first-order chi connectivity index (χ1) is 10.1. The highest BCUT2D eigenvalue weighted by molar-refractivity contribution is 5.90. The molecule has 2 aromatic heterocycles. The van der Waals surface area contributed by atoms with Crippen LogP contribution in [0.15, 0.2) is 6.07 Å². The molecule has 3 rings (SSSR count). The normalized spacial score (nSPS) is 18.9.